The Balaban J connectivity index is 2.08. The molecule has 2 rings (SSSR count). The summed E-state index contributed by atoms with van der Waals surface area (Å²) < 4.78 is 0. The second-order valence-corrected chi connectivity index (χ2v) is 4.30. The fourth-order valence-corrected chi connectivity index (χ4v) is 1.76. The van der Waals surface area contributed by atoms with E-state index in [0.29, 0.717) is 5.69 Å². The highest BCUT2D eigenvalue weighted by Crippen LogP contribution is 2.31. The average Bonchev–Trinajstić information content (AvgIpc) is 3.10. The minimum atomic E-state index is 0.0248. The molecule has 0 saturated heterocycles. The maximum Gasteiger partial charge on any atom is 0.141 e. The van der Waals surface area contributed by atoms with E-state index in [4.69, 9.17) is 11.1 Å². The molecule has 0 unspecified atom stereocenters. The fourth-order valence-electron chi connectivity index (χ4n) is 1.76. The lowest BCUT2D eigenvalue weighted by Gasteiger charge is -2.22. The SMILES string of the molecule is CCN(CC1CC1)c1ccc(C(=N)N)nc1. The molecular weight excluding hydrogens is 200 g/mol. The average molecular weight is 218 g/mol. The number of rotatable bonds is 5. The molecule has 1 aliphatic rings. The normalized spacial score (nSPS) is 14.8. The van der Waals surface area contributed by atoms with Gasteiger partial charge >= 0.3 is 0 Å². The van der Waals surface area contributed by atoms with Crippen molar-refractivity contribution in [3.63, 3.8) is 0 Å². The van der Waals surface area contributed by atoms with Gasteiger partial charge in [0.1, 0.15) is 11.5 Å². The molecule has 1 aliphatic carbocycles. The standard InChI is InChI=1S/C12H18N4/c1-2-16(8-9-3-4-9)10-5-6-11(12(13)14)15-7-10/h5-7,9H,2-4,8H2,1H3,(H3,13,14). The molecule has 4 heteroatoms. The van der Waals surface area contributed by atoms with Gasteiger partial charge in [0.15, 0.2) is 0 Å². The number of nitrogens with one attached hydrogen (secondary N) is 1. The molecule has 3 N–H and O–H groups in total. The number of anilines is 1. The van der Waals surface area contributed by atoms with Crippen molar-refractivity contribution in [3.8, 4) is 0 Å². The summed E-state index contributed by atoms with van der Waals surface area (Å²) in [5.74, 6) is 0.893. The van der Waals surface area contributed by atoms with Crippen LogP contribution in [0.4, 0.5) is 5.69 Å². The van der Waals surface area contributed by atoms with Gasteiger partial charge in [-0.05, 0) is 37.8 Å². The maximum atomic E-state index is 7.28. The zero-order valence-corrected chi connectivity index (χ0v) is 9.61. The van der Waals surface area contributed by atoms with E-state index in [0.717, 1.165) is 24.7 Å². The van der Waals surface area contributed by atoms with E-state index in [2.05, 4.69) is 16.8 Å². The first kappa shape index (κ1) is 10.9. The van der Waals surface area contributed by atoms with Crippen LogP contribution in [-0.2, 0) is 0 Å². The third kappa shape index (κ3) is 2.51. The van der Waals surface area contributed by atoms with Crippen molar-refractivity contribution in [3.05, 3.63) is 24.0 Å². The Morgan fingerprint density at radius 2 is 2.31 bits per heavy atom. The van der Waals surface area contributed by atoms with Gasteiger partial charge in [-0.3, -0.25) is 10.4 Å². The molecule has 1 aromatic heterocycles. The third-order valence-electron chi connectivity index (χ3n) is 2.95. The van der Waals surface area contributed by atoms with Crippen molar-refractivity contribution in [2.45, 2.75) is 19.8 Å². The van der Waals surface area contributed by atoms with Crippen LogP contribution in [0.1, 0.15) is 25.5 Å². The van der Waals surface area contributed by atoms with Crippen molar-refractivity contribution < 1.29 is 0 Å². The Hall–Kier alpha value is -1.58. The van der Waals surface area contributed by atoms with Gasteiger partial charge in [0.25, 0.3) is 0 Å². The molecule has 1 aromatic rings. The smallest absolute Gasteiger partial charge is 0.141 e. The largest absolute Gasteiger partial charge is 0.382 e. The number of aromatic nitrogens is 1. The van der Waals surface area contributed by atoms with Crippen LogP contribution in [0.15, 0.2) is 18.3 Å². The third-order valence-corrected chi connectivity index (χ3v) is 2.95. The summed E-state index contributed by atoms with van der Waals surface area (Å²) >= 11 is 0. The van der Waals surface area contributed by atoms with E-state index in [9.17, 15) is 0 Å². The highest BCUT2D eigenvalue weighted by atomic mass is 15.1. The first-order valence-electron chi connectivity index (χ1n) is 5.76. The molecule has 0 aliphatic heterocycles. The molecule has 16 heavy (non-hydrogen) atoms. The van der Waals surface area contributed by atoms with E-state index >= 15 is 0 Å². The number of pyridine rings is 1. The van der Waals surface area contributed by atoms with Crippen LogP contribution in [0.5, 0.6) is 0 Å². The van der Waals surface area contributed by atoms with Crippen molar-refractivity contribution in [1.82, 2.24) is 4.98 Å². The molecule has 1 saturated carbocycles. The number of amidine groups is 1. The lowest BCUT2D eigenvalue weighted by atomic mass is 10.2. The molecule has 0 bridgehead atoms. The van der Waals surface area contributed by atoms with Gasteiger partial charge in [-0.2, -0.15) is 0 Å². The highest BCUT2D eigenvalue weighted by molar-refractivity contribution is 5.93. The Bertz CT molecular complexity index is 367. The minimum Gasteiger partial charge on any atom is -0.382 e. The summed E-state index contributed by atoms with van der Waals surface area (Å²) in [5.41, 5.74) is 7.04. The van der Waals surface area contributed by atoms with Gasteiger partial charge < -0.3 is 10.6 Å². The molecule has 0 amide bonds. The molecule has 86 valence electrons. The van der Waals surface area contributed by atoms with E-state index in [1.54, 1.807) is 0 Å². The van der Waals surface area contributed by atoms with Gasteiger partial charge in [0, 0.05) is 13.1 Å². The summed E-state index contributed by atoms with van der Waals surface area (Å²) in [6.07, 6.45) is 4.52. The highest BCUT2D eigenvalue weighted by Gasteiger charge is 2.23. The predicted octanol–water partition coefficient (Wildman–Crippen LogP) is 1.60. The van der Waals surface area contributed by atoms with Crippen LogP contribution in [0.25, 0.3) is 0 Å². The summed E-state index contributed by atoms with van der Waals surface area (Å²) in [6, 6.07) is 3.81. The van der Waals surface area contributed by atoms with Crippen molar-refractivity contribution in [2.24, 2.45) is 11.7 Å². The fraction of sp³-hybridized carbons (Fsp3) is 0.500. The molecule has 0 spiro atoms. The molecule has 4 nitrogen and oxygen atoms in total. The zero-order valence-electron chi connectivity index (χ0n) is 9.61. The zero-order chi connectivity index (χ0) is 11.5. The number of nitrogens with two attached hydrogens (primary N) is 1. The lowest BCUT2D eigenvalue weighted by molar-refractivity contribution is 0.740. The van der Waals surface area contributed by atoms with Gasteiger partial charge in [0.2, 0.25) is 0 Å². The Labute approximate surface area is 96.0 Å². The van der Waals surface area contributed by atoms with Crippen LogP contribution in [0.3, 0.4) is 0 Å². The van der Waals surface area contributed by atoms with Crippen molar-refractivity contribution in [1.29, 1.82) is 5.41 Å². The van der Waals surface area contributed by atoms with E-state index in [1.165, 1.54) is 12.8 Å². The number of nitrogens with zero attached hydrogens (tertiary/aromatic N) is 2. The maximum absolute atomic E-state index is 7.28. The molecule has 1 fully saturated rings. The van der Waals surface area contributed by atoms with Crippen LogP contribution in [0, 0.1) is 11.3 Å². The van der Waals surface area contributed by atoms with Crippen LogP contribution < -0.4 is 10.6 Å². The Morgan fingerprint density at radius 3 is 2.75 bits per heavy atom. The number of hydrogen-bond acceptors (Lipinski definition) is 3. The molecular formula is C12H18N4. The Kier molecular flexibility index (Phi) is 3.08. The molecule has 0 atom stereocenters. The van der Waals surface area contributed by atoms with Crippen LogP contribution in [0.2, 0.25) is 0 Å². The number of nitrogen functional groups attached to an aromatic ring is 1. The quantitative estimate of drug-likeness (QED) is 0.582. The second-order valence-electron chi connectivity index (χ2n) is 4.30. The van der Waals surface area contributed by atoms with Crippen molar-refractivity contribution >= 4 is 11.5 Å². The molecule has 0 radical (unpaired) electrons. The van der Waals surface area contributed by atoms with Gasteiger partial charge in [-0.25, -0.2) is 0 Å². The first-order valence-corrected chi connectivity index (χ1v) is 5.76. The van der Waals surface area contributed by atoms with Crippen LogP contribution >= 0.6 is 0 Å². The second kappa shape index (κ2) is 4.51. The minimum absolute atomic E-state index is 0.0248. The van der Waals surface area contributed by atoms with E-state index < -0.39 is 0 Å². The Morgan fingerprint density at radius 1 is 1.56 bits per heavy atom. The number of hydrogen-bond donors (Lipinski definition) is 2. The predicted molar refractivity (Wildman–Crippen MR) is 65.9 cm³/mol. The molecule has 0 aromatic carbocycles. The summed E-state index contributed by atoms with van der Waals surface area (Å²) in [6.45, 7) is 4.27. The summed E-state index contributed by atoms with van der Waals surface area (Å²) in [5, 5.41) is 7.28. The lowest BCUT2D eigenvalue weighted by Crippen LogP contribution is -2.25. The first-order chi connectivity index (χ1) is 7.70. The summed E-state index contributed by atoms with van der Waals surface area (Å²) in [4.78, 5) is 6.51. The van der Waals surface area contributed by atoms with Gasteiger partial charge in [0.05, 0.1) is 11.9 Å². The van der Waals surface area contributed by atoms with Gasteiger partial charge in [-0.15, -0.1) is 0 Å². The van der Waals surface area contributed by atoms with Gasteiger partial charge in [-0.1, -0.05) is 0 Å². The van der Waals surface area contributed by atoms with E-state index in [-0.39, 0.29) is 5.84 Å². The topological polar surface area (TPSA) is 66.0 Å². The monoisotopic (exact) mass is 218 g/mol. The van der Waals surface area contributed by atoms with Crippen molar-refractivity contribution in [2.75, 3.05) is 18.0 Å². The molecule has 1 heterocycles. The summed E-state index contributed by atoms with van der Waals surface area (Å²) in [7, 11) is 0. The van der Waals surface area contributed by atoms with E-state index in [1.807, 2.05) is 18.3 Å². The van der Waals surface area contributed by atoms with Crippen LogP contribution in [-0.4, -0.2) is 23.9 Å².